The van der Waals surface area contributed by atoms with Crippen LogP contribution in [0.5, 0.6) is 0 Å². The van der Waals surface area contributed by atoms with Crippen LogP contribution in [0.3, 0.4) is 0 Å². The van der Waals surface area contributed by atoms with Crippen LogP contribution in [0.4, 0.5) is 13.2 Å². The van der Waals surface area contributed by atoms with Crippen molar-refractivity contribution in [1.82, 2.24) is 5.32 Å². The Bertz CT molecular complexity index is 202. The summed E-state index contributed by atoms with van der Waals surface area (Å²) < 4.78 is 39.1. The van der Waals surface area contributed by atoms with Crippen LogP contribution >= 0.6 is 0 Å². The van der Waals surface area contributed by atoms with Gasteiger partial charge in [-0.3, -0.25) is 0 Å². The van der Waals surface area contributed by atoms with Gasteiger partial charge in [0.05, 0.1) is 0 Å². The number of rotatable bonds is 2. The fourth-order valence-electron chi connectivity index (χ4n) is 2.32. The standard InChI is InChI=1S/C11H20F3N/c1-8(2)15-10(11(12,13)14)6-4-9(3)5-7-10/h8-9,15H,4-7H2,1-3H3. The van der Waals surface area contributed by atoms with Crippen LogP contribution in [0.2, 0.25) is 0 Å². The summed E-state index contributed by atoms with van der Waals surface area (Å²) in [4.78, 5) is 0. The summed E-state index contributed by atoms with van der Waals surface area (Å²) in [6.07, 6.45) is -2.36. The lowest BCUT2D eigenvalue weighted by atomic mass is 9.76. The van der Waals surface area contributed by atoms with Crippen molar-refractivity contribution < 1.29 is 13.2 Å². The maximum Gasteiger partial charge on any atom is 0.406 e. The molecular weight excluding hydrogens is 203 g/mol. The van der Waals surface area contributed by atoms with Gasteiger partial charge in [0.2, 0.25) is 0 Å². The van der Waals surface area contributed by atoms with E-state index in [0.717, 1.165) is 0 Å². The highest BCUT2D eigenvalue weighted by Crippen LogP contribution is 2.43. The quantitative estimate of drug-likeness (QED) is 0.755. The average molecular weight is 223 g/mol. The first-order valence-corrected chi connectivity index (χ1v) is 5.61. The van der Waals surface area contributed by atoms with Crippen molar-refractivity contribution in [3.8, 4) is 0 Å². The maximum atomic E-state index is 13.0. The van der Waals surface area contributed by atoms with Crippen molar-refractivity contribution in [2.75, 3.05) is 0 Å². The van der Waals surface area contributed by atoms with E-state index in [9.17, 15) is 13.2 Å². The van der Waals surface area contributed by atoms with Crippen LogP contribution in [-0.2, 0) is 0 Å². The summed E-state index contributed by atoms with van der Waals surface area (Å²) in [5, 5.41) is 2.73. The zero-order valence-corrected chi connectivity index (χ0v) is 9.62. The van der Waals surface area contributed by atoms with E-state index in [4.69, 9.17) is 0 Å². The third-order valence-electron chi connectivity index (χ3n) is 3.24. The van der Waals surface area contributed by atoms with Crippen molar-refractivity contribution in [3.05, 3.63) is 0 Å². The van der Waals surface area contributed by atoms with E-state index in [0.29, 0.717) is 18.8 Å². The minimum Gasteiger partial charge on any atom is -0.301 e. The average Bonchev–Trinajstić information content (AvgIpc) is 2.06. The van der Waals surface area contributed by atoms with Crippen molar-refractivity contribution in [1.29, 1.82) is 0 Å². The van der Waals surface area contributed by atoms with Crippen LogP contribution in [-0.4, -0.2) is 17.8 Å². The molecule has 0 aromatic carbocycles. The summed E-state index contributed by atoms with van der Waals surface area (Å²) >= 11 is 0. The van der Waals surface area contributed by atoms with E-state index in [-0.39, 0.29) is 18.9 Å². The molecule has 90 valence electrons. The minimum absolute atomic E-state index is 0.125. The summed E-state index contributed by atoms with van der Waals surface area (Å²) in [6.45, 7) is 5.56. The van der Waals surface area contributed by atoms with E-state index < -0.39 is 11.7 Å². The summed E-state index contributed by atoms with van der Waals surface area (Å²) in [5.41, 5.74) is -1.63. The Morgan fingerprint density at radius 2 is 1.67 bits per heavy atom. The largest absolute Gasteiger partial charge is 0.406 e. The highest BCUT2D eigenvalue weighted by molar-refractivity contribution is 4.99. The Morgan fingerprint density at radius 3 is 2.00 bits per heavy atom. The summed E-state index contributed by atoms with van der Waals surface area (Å²) in [7, 11) is 0. The molecule has 1 aliphatic carbocycles. The molecule has 0 atom stereocenters. The van der Waals surface area contributed by atoms with Crippen molar-refractivity contribution in [2.45, 2.75) is 64.2 Å². The Morgan fingerprint density at radius 1 is 1.20 bits per heavy atom. The third kappa shape index (κ3) is 2.86. The smallest absolute Gasteiger partial charge is 0.301 e. The van der Waals surface area contributed by atoms with Gasteiger partial charge in [-0.2, -0.15) is 13.2 Å². The number of nitrogens with one attached hydrogen (secondary N) is 1. The lowest BCUT2D eigenvalue weighted by Crippen LogP contribution is -2.60. The van der Waals surface area contributed by atoms with Crippen LogP contribution in [0, 0.1) is 5.92 Å². The molecule has 0 aromatic heterocycles. The molecule has 0 unspecified atom stereocenters. The van der Waals surface area contributed by atoms with E-state index in [1.807, 2.05) is 6.92 Å². The zero-order valence-electron chi connectivity index (χ0n) is 9.62. The van der Waals surface area contributed by atoms with Gasteiger partial charge < -0.3 is 5.32 Å². The van der Waals surface area contributed by atoms with Crippen LogP contribution < -0.4 is 5.32 Å². The molecule has 1 nitrogen and oxygen atoms in total. The number of alkyl halides is 3. The molecule has 0 aromatic rings. The van der Waals surface area contributed by atoms with Crippen LogP contribution in [0.25, 0.3) is 0 Å². The van der Waals surface area contributed by atoms with Crippen molar-refractivity contribution in [3.63, 3.8) is 0 Å². The first-order chi connectivity index (χ1) is 6.77. The molecule has 0 saturated heterocycles. The van der Waals surface area contributed by atoms with Gasteiger partial charge in [-0.1, -0.05) is 20.8 Å². The van der Waals surface area contributed by atoms with E-state index in [1.54, 1.807) is 13.8 Å². The molecule has 1 rings (SSSR count). The lowest BCUT2D eigenvalue weighted by Gasteiger charge is -2.42. The van der Waals surface area contributed by atoms with Crippen molar-refractivity contribution >= 4 is 0 Å². The molecule has 4 heteroatoms. The summed E-state index contributed by atoms with van der Waals surface area (Å²) in [6, 6.07) is -0.125. The second kappa shape index (κ2) is 4.32. The molecule has 15 heavy (non-hydrogen) atoms. The lowest BCUT2D eigenvalue weighted by molar-refractivity contribution is -0.209. The van der Waals surface area contributed by atoms with E-state index >= 15 is 0 Å². The molecule has 0 heterocycles. The normalized spacial score (nSPS) is 33.4. The molecule has 0 amide bonds. The van der Waals surface area contributed by atoms with Gasteiger partial charge in [0.25, 0.3) is 0 Å². The predicted octanol–water partition coefficient (Wildman–Crippen LogP) is 3.50. The second-order valence-corrected chi connectivity index (χ2v) is 5.06. The Hall–Kier alpha value is -0.250. The highest BCUT2D eigenvalue weighted by Gasteiger charge is 2.55. The van der Waals surface area contributed by atoms with E-state index in [1.165, 1.54) is 0 Å². The predicted molar refractivity (Wildman–Crippen MR) is 54.7 cm³/mol. The minimum atomic E-state index is -4.13. The summed E-state index contributed by atoms with van der Waals surface area (Å²) in [5.74, 6) is 0.425. The number of hydrogen-bond donors (Lipinski definition) is 1. The molecule has 0 bridgehead atoms. The fraction of sp³-hybridized carbons (Fsp3) is 1.00. The first kappa shape index (κ1) is 12.8. The molecule has 0 spiro atoms. The molecule has 0 radical (unpaired) electrons. The second-order valence-electron chi connectivity index (χ2n) is 5.06. The molecular formula is C11H20F3N. The van der Waals surface area contributed by atoms with Gasteiger partial charge in [-0.05, 0) is 31.6 Å². The monoisotopic (exact) mass is 223 g/mol. The highest BCUT2D eigenvalue weighted by atomic mass is 19.4. The number of halogens is 3. The topological polar surface area (TPSA) is 12.0 Å². The fourth-order valence-corrected chi connectivity index (χ4v) is 2.32. The van der Waals surface area contributed by atoms with Gasteiger partial charge >= 0.3 is 6.18 Å². The number of hydrogen-bond acceptors (Lipinski definition) is 1. The Kier molecular flexibility index (Phi) is 3.69. The van der Waals surface area contributed by atoms with Crippen LogP contribution in [0.1, 0.15) is 46.5 Å². The zero-order chi connectivity index (χ0) is 11.7. The molecule has 0 aliphatic heterocycles. The third-order valence-corrected chi connectivity index (χ3v) is 3.24. The Labute approximate surface area is 89.4 Å². The Balaban J connectivity index is 2.78. The van der Waals surface area contributed by atoms with Crippen molar-refractivity contribution in [2.24, 2.45) is 5.92 Å². The first-order valence-electron chi connectivity index (χ1n) is 5.61. The van der Waals surface area contributed by atoms with Gasteiger partial charge in [-0.15, -0.1) is 0 Å². The molecule has 1 saturated carbocycles. The van der Waals surface area contributed by atoms with Gasteiger partial charge in [-0.25, -0.2) is 0 Å². The van der Waals surface area contributed by atoms with Gasteiger partial charge in [0.1, 0.15) is 5.54 Å². The molecule has 1 N–H and O–H groups in total. The molecule has 1 aliphatic rings. The maximum absolute atomic E-state index is 13.0. The van der Waals surface area contributed by atoms with Crippen LogP contribution in [0.15, 0.2) is 0 Å². The van der Waals surface area contributed by atoms with Gasteiger partial charge in [0, 0.05) is 6.04 Å². The van der Waals surface area contributed by atoms with Gasteiger partial charge in [0.15, 0.2) is 0 Å². The SMILES string of the molecule is CC1CCC(NC(C)C)(C(F)(F)F)CC1. The molecule has 1 fully saturated rings. The van der Waals surface area contributed by atoms with E-state index in [2.05, 4.69) is 5.32 Å².